The van der Waals surface area contributed by atoms with Crippen molar-refractivity contribution in [3.63, 3.8) is 0 Å². The molecule has 0 aliphatic heterocycles. The van der Waals surface area contributed by atoms with Crippen LogP contribution in [0.1, 0.15) is 50.0 Å². The standard InChI is InChI=1S/C21H19F2NO4/c1-20(2)16(26)13(17(27)21(3,4)19(20)28)15(25)11-7-8-12(18(22)23)14-10(11)6-5-9-24-14/h5-9,13,18H,1-4H3. The maximum atomic E-state index is 13.3. The number of Topliss-reactive ketones (excluding diaryl/α,β-unsaturated/α-hetero) is 4. The van der Waals surface area contributed by atoms with E-state index in [1.807, 2.05) is 0 Å². The van der Waals surface area contributed by atoms with Gasteiger partial charge in [-0.1, -0.05) is 18.2 Å². The third-order valence-corrected chi connectivity index (χ3v) is 5.46. The van der Waals surface area contributed by atoms with Gasteiger partial charge in [0.1, 0.15) is 5.92 Å². The highest BCUT2D eigenvalue weighted by Gasteiger charge is 2.60. The van der Waals surface area contributed by atoms with E-state index in [1.54, 1.807) is 0 Å². The number of benzene rings is 1. The molecule has 1 fully saturated rings. The summed E-state index contributed by atoms with van der Waals surface area (Å²) >= 11 is 0. The van der Waals surface area contributed by atoms with Crippen molar-refractivity contribution in [3.8, 4) is 0 Å². The molecule has 0 saturated heterocycles. The van der Waals surface area contributed by atoms with Gasteiger partial charge >= 0.3 is 0 Å². The lowest BCUT2D eigenvalue weighted by molar-refractivity contribution is -0.158. The Morgan fingerprint density at radius 2 is 1.57 bits per heavy atom. The van der Waals surface area contributed by atoms with Crippen molar-refractivity contribution in [1.82, 2.24) is 4.98 Å². The second-order valence-corrected chi connectivity index (χ2v) is 8.01. The van der Waals surface area contributed by atoms with Crippen LogP contribution < -0.4 is 0 Å². The van der Waals surface area contributed by atoms with Gasteiger partial charge in [-0.3, -0.25) is 24.2 Å². The summed E-state index contributed by atoms with van der Waals surface area (Å²) in [5, 5.41) is 0.137. The lowest BCUT2D eigenvalue weighted by Gasteiger charge is -2.40. The predicted molar refractivity (Wildman–Crippen MR) is 97.1 cm³/mol. The number of pyridine rings is 1. The summed E-state index contributed by atoms with van der Waals surface area (Å²) in [4.78, 5) is 55.5. The Kier molecular flexibility index (Phi) is 4.52. The van der Waals surface area contributed by atoms with Crippen molar-refractivity contribution in [2.24, 2.45) is 16.7 Å². The molecule has 1 aromatic carbocycles. The van der Waals surface area contributed by atoms with E-state index in [2.05, 4.69) is 4.98 Å². The summed E-state index contributed by atoms with van der Waals surface area (Å²) in [5.41, 5.74) is -3.46. The first kappa shape index (κ1) is 19.9. The Balaban J connectivity index is 2.20. The number of alkyl halides is 2. The number of hydrogen-bond donors (Lipinski definition) is 0. The molecule has 0 unspecified atom stereocenters. The molecule has 1 saturated carbocycles. The molecule has 2 aromatic rings. The van der Waals surface area contributed by atoms with Crippen LogP contribution in [0.4, 0.5) is 8.78 Å². The number of halogens is 2. The van der Waals surface area contributed by atoms with Crippen LogP contribution in [-0.4, -0.2) is 28.1 Å². The molecule has 0 N–H and O–H groups in total. The molecule has 1 aliphatic carbocycles. The fraction of sp³-hybridized carbons (Fsp3) is 0.381. The van der Waals surface area contributed by atoms with Gasteiger partial charge in [0.05, 0.1) is 16.3 Å². The summed E-state index contributed by atoms with van der Waals surface area (Å²) < 4.78 is 26.6. The van der Waals surface area contributed by atoms with Crippen molar-refractivity contribution >= 4 is 34.0 Å². The fourth-order valence-electron chi connectivity index (χ4n) is 3.82. The van der Waals surface area contributed by atoms with Crippen LogP contribution >= 0.6 is 0 Å². The molecule has 5 nitrogen and oxygen atoms in total. The topological polar surface area (TPSA) is 81.2 Å². The van der Waals surface area contributed by atoms with Gasteiger partial charge in [0.15, 0.2) is 23.1 Å². The van der Waals surface area contributed by atoms with Crippen LogP contribution in [0.15, 0.2) is 30.5 Å². The van der Waals surface area contributed by atoms with Gasteiger partial charge < -0.3 is 0 Å². The molecule has 0 amide bonds. The first-order valence-corrected chi connectivity index (χ1v) is 8.76. The van der Waals surface area contributed by atoms with Gasteiger partial charge in [0, 0.05) is 22.7 Å². The third kappa shape index (κ3) is 2.68. The maximum Gasteiger partial charge on any atom is 0.265 e. The van der Waals surface area contributed by atoms with Gasteiger partial charge in [-0.2, -0.15) is 0 Å². The van der Waals surface area contributed by atoms with E-state index < -0.39 is 46.3 Å². The summed E-state index contributed by atoms with van der Waals surface area (Å²) in [5.74, 6) is -4.56. The molecular formula is C21H19F2NO4. The quantitative estimate of drug-likeness (QED) is 0.592. The number of hydrogen-bond acceptors (Lipinski definition) is 5. The van der Waals surface area contributed by atoms with Crippen LogP contribution in [0.3, 0.4) is 0 Å². The molecule has 0 radical (unpaired) electrons. The van der Waals surface area contributed by atoms with Gasteiger partial charge in [-0.25, -0.2) is 8.78 Å². The van der Waals surface area contributed by atoms with Crippen LogP contribution in [0, 0.1) is 16.7 Å². The van der Waals surface area contributed by atoms with Crippen molar-refractivity contribution in [2.75, 3.05) is 0 Å². The first-order chi connectivity index (χ1) is 12.9. The second-order valence-electron chi connectivity index (χ2n) is 8.01. The molecule has 28 heavy (non-hydrogen) atoms. The van der Waals surface area contributed by atoms with Crippen molar-refractivity contribution in [3.05, 3.63) is 41.6 Å². The lowest BCUT2D eigenvalue weighted by Crippen LogP contribution is -2.59. The molecular weight excluding hydrogens is 368 g/mol. The summed E-state index contributed by atoms with van der Waals surface area (Å²) in [7, 11) is 0. The molecule has 3 rings (SSSR count). The van der Waals surface area contributed by atoms with Crippen LogP contribution in [-0.2, 0) is 14.4 Å². The SMILES string of the molecule is CC1(C)C(=O)C(C(=O)c2ccc(C(F)F)c3ncccc23)C(=O)C(C)(C)C1=O. The Bertz CT molecular complexity index is 1010. The minimum Gasteiger partial charge on any atom is -0.297 e. The predicted octanol–water partition coefficient (Wildman–Crippen LogP) is 3.74. The van der Waals surface area contributed by atoms with E-state index in [1.165, 1.54) is 52.1 Å². The molecule has 0 atom stereocenters. The van der Waals surface area contributed by atoms with E-state index in [0.29, 0.717) is 0 Å². The molecule has 7 heteroatoms. The minimum atomic E-state index is -2.80. The molecule has 0 spiro atoms. The van der Waals surface area contributed by atoms with E-state index >= 15 is 0 Å². The summed E-state index contributed by atoms with van der Waals surface area (Å²) in [6, 6.07) is 5.19. The second kappa shape index (κ2) is 6.36. The largest absolute Gasteiger partial charge is 0.297 e. The molecule has 1 heterocycles. The zero-order valence-electron chi connectivity index (χ0n) is 15.9. The normalized spacial score (nSPS) is 19.5. The van der Waals surface area contributed by atoms with Gasteiger partial charge in [0.25, 0.3) is 6.43 Å². The highest BCUT2D eigenvalue weighted by Crippen LogP contribution is 2.42. The number of rotatable bonds is 3. The minimum absolute atomic E-state index is 0.0415. The van der Waals surface area contributed by atoms with Gasteiger partial charge in [-0.05, 0) is 33.8 Å². The number of nitrogens with zero attached hydrogens (tertiary/aromatic N) is 1. The Morgan fingerprint density at radius 3 is 2.11 bits per heavy atom. The number of carbonyl (C=O) groups is 4. The first-order valence-electron chi connectivity index (χ1n) is 8.76. The zero-order valence-corrected chi connectivity index (χ0v) is 15.9. The van der Waals surface area contributed by atoms with Gasteiger partial charge in [-0.15, -0.1) is 0 Å². The highest BCUT2D eigenvalue weighted by molar-refractivity contribution is 6.38. The fourth-order valence-corrected chi connectivity index (χ4v) is 3.82. The van der Waals surface area contributed by atoms with Crippen molar-refractivity contribution < 1.29 is 28.0 Å². The van der Waals surface area contributed by atoms with Gasteiger partial charge in [0.2, 0.25) is 0 Å². The van der Waals surface area contributed by atoms with Crippen molar-refractivity contribution in [1.29, 1.82) is 0 Å². The van der Waals surface area contributed by atoms with E-state index in [0.717, 1.165) is 6.07 Å². The number of carbonyl (C=O) groups excluding carboxylic acids is 4. The monoisotopic (exact) mass is 387 g/mol. The third-order valence-electron chi connectivity index (χ3n) is 5.46. The van der Waals surface area contributed by atoms with Crippen LogP contribution in [0.5, 0.6) is 0 Å². The Labute approximate surface area is 160 Å². The molecule has 1 aromatic heterocycles. The van der Waals surface area contributed by atoms with Crippen LogP contribution in [0.25, 0.3) is 10.9 Å². The van der Waals surface area contributed by atoms with Crippen LogP contribution in [0.2, 0.25) is 0 Å². The van der Waals surface area contributed by atoms with E-state index in [9.17, 15) is 28.0 Å². The Hall–Kier alpha value is -2.83. The average Bonchev–Trinajstić information content (AvgIpc) is 2.65. The number of fused-ring (bicyclic) bond motifs is 1. The van der Waals surface area contributed by atoms with E-state index in [4.69, 9.17) is 0 Å². The maximum absolute atomic E-state index is 13.3. The smallest absolute Gasteiger partial charge is 0.265 e. The molecule has 1 aliphatic rings. The molecule has 0 bridgehead atoms. The molecule has 146 valence electrons. The summed E-state index contributed by atoms with van der Waals surface area (Å²) in [6.07, 6.45) is -1.47. The van der Waals surface area contributed by atoms with Crippen molar-refractivity contribution in [2.45, 2.75) is 34.1 Å². The Morgan fingerprint density at radius 1 is 1.00 bits per heavy atom. The number of ketones is 4. The lowest BCUT2D eigenvalue weighted by atomic mass is 9.57. The number of aromatic nitrogens is 1. The summed E-state index contributed by atoms with van der Waals surface area (Å²) in [6.45, 7) is 5.58. The average molecular weight is 387 g/mol. The van der Waals surface area contributed by atoms with E-state index in [-0.39, 0.29) is 22.0 Å². The highest BCUT2D eigenvalue weighted by atomic mass is 19.3. The zero-order chi connectivity index (χ0) is 21.0.